The maximum atomic E-state index is 9.20. The van der Waals surface area contributed by atoms with E-state index in [2.05, 4.69) is 24.3 Å². The largest absolute Gasteiger partial charge is 0.393 e. The van der Waals surface area contributed by atoms with E-state index in [-0.39, 0.29) is 6.10 Å². The summed E-state index contributed by atoms with van der Waals surface area (Å²) < 4.78 is 0. The lowest BCUT2D eigenvalue weighted by molar-refractivity contribution is 0.185. The SMILES string of the molecule is C[C@H](O)CCc1cccc(C2CC2)c1. The second-order valence-electron chi connectivity index (χ2n) is 4.41. The summed E-state index contributed by atoms with van der Waals surface area (Å²) >= 11 is 0. The van der Waals surface area contributed by atoms with Crippen molar-refractivity contribution in [2.75, 3.05) is 0 Å². The van der Waals surface area contributed by atoms with Crippen molar-refractivity contribution in [3.8, 4) is 0 Å². The first-order valence-electron chi connectivity index (χ1n) is 5.52. The lowest BCUT2D eigenvalue weighted by Crippen LogP contribution is -2.01. The molecule has 0 unspecified atom stereocenters. The molecule has 0 bridgehead atoms. The fourth-order valence-corrected chi connectivity index (χ4v) is 1.79. The third kappa shape index (κ3) is 2.58. The maximum absolute atomic E-state index is 9.20. The molecule has 1 aromatic carbocycles. The highest BCUT2D eigenvalue weighted by Crippen LogP contribution is 2.40. The minimum Gasteiger partial charge on any atom is -0.393 e. The molecule has 2 rings (SSSR count). The molecule has 1 N–H and O–H groups in total. The number of aliphatic hydroxyl groups is 1. The predicted molar refractivity (Wildman–Crippen MR) is 58.4 cm³/mol. The van der Waals surface area contributed by atoms with Crippen LogP contribution in [-0.2, 0) is 6.42 Å². The predicted octanol–water partition coefficient (Wildman–Crippen LogP) is 2.88. The molecule has 0 heterocycles. The molecule has 1 aliphatic carbocycles. The highest BCUT2D eigenvalue weighted by molar-refractivity contribution is 5.29. The fourth-order valence-electron chi connectivity index (χ4n) is 1.79. The lowest BCUT2D eigenvalue weighted by atomic mass is 10.0. The van der Waals surface area contributed by atoms with Gasteiger partial charge in [0.2, 0.25) is 0 Å². The normalized spacial score (nSPS) is 18.1. The summed E-state index contributed by atoms with van der Waals surface area (Å²) in [6.45, 7) is 1.85. The Balaban J connectivity index is 1.99. The topological polar surface area (TPSA) is 20.2 Å². The van der Waals surface area contributed by atoms with Crippen LogP contribution < -0.4 is 0 Å². The number of aliphatic hydroxyl groups excluding tert-OH is 1. The van der Waals surface area contributed by atoms with E-state index in [1.54, 1.807) is 0 Å². The van der Waals surface area contributed by atoms with E-state index in [0.717, 1.165) is 18.8 Å². The molecule has 0 amide bonds. The average Bonchev–Trinajstić information content (AvgIpc) is 2.98. The van der Waals surface area contributed by atoms with Gasteiger partial charge in [0.25, 0.3) is 0 Å². The van der Waals surface area contributed by atoms with Crippen LogP contribution in [0.2, 0.25) is 0 Å². The number of benzene rings is 1. The van der Waals surface area contributed by atoms with Gasteiger partial charge in [0, 0.05) is 0 Å². The third-order valence-corrected chi connectivity index (χ3v) is 2.85. The molecule has 14 heavy (non-hydrogen) atoms. The Bertz CT molecular complexity index is 300. The highest BCUT2D eigenvalue weighted by Gasteiger charge is 2.23. The van der Waals surface area contributed by atoms with Gasteiger partial charge in [0.05, 0.1) is 6.10 Å². The zero-order valence-corrected chi connectivity index (χ0v) is 8.74. The van der Waals surface area contributed by atoms with Gasteiger partial charge in [-0.1, -0.05) is 24.3 Å². The Morgan fingerprint density at radius 2 is 2.21 bits per heavy atom. The molecule has 1 aromatic rings. The van der Waals surface area contributed by atoms with Crippen molar-refractivity contribution < 1.29 is 5.11 Å². The van der Waals surface area contributed by atoms with Crippen LogP contribution in [0, 0.1) is 0 Å². The highest BCUT2D eigenvalue weighted by atomic mass is 16.3. The van der Waals surface area contributed by atoms with E-state index in [4.69, 9.17) is 0 Å². The van der Waals surface area contributed by atoms with Crippen LogP contribution >= 0.6 is 0 Å². The summed E-state index contributed by atoms with van der Waals surface area (Å²) in [4.78, 5) is 0. The molecular formula is C13H18O. The molecule has 0 radical (unpaired) electrons. The van der Waals surface area contributed by atoms with Gasteiger partial charge in [-0.15, -0.1) is 0 Å². The molecule has 1 nitrogen and oxygen atoms in total. The van der Waals surface area contributed by atoms with Crippen molar-refractivity contribution in [1.29, 1.82) is 0 Å². The van der Waals surface area contributed by atoms with E-state index in [0.29, 0.717) is 0 Å². The van der Waals surface area contributed by atoms with Crippen molar-refractivity contribution in [3.63, 3.8) is 0 Å². The van der Waals surface area contributed by atoms with Crippen molar-refractivity contribution in [1.82, 2.24) is 0 Å². The number of hydrogen-bond acceptors (Lipinski definition) is 1. The zero-order chi connectivity index (χ0) is 9.97. The number of hydrogen-bond donors (Lipinski definition) is 1. The quantitative estimate of drug-likeness (QED) is 0.774. The number of aryl methyl sites for hydroxylation is 1. The van der Waals surface area contributed by atoms with Crippen LogP contribution in [0.25, 0.3) is 0 Å². The fraction of sp³-hybridized carbons (Fsp3) is 0.538. The van der Waals surface area contributed by atoms with Crippen LogP contribution in [-0.4, -0.2) is 11.2 Å². The zero-order valence-electron chi connectivity index (χ0n) is 8.74. The first-order chi connectivity index (χ1) is 6.75. The van der Waals surface area contributed by atoms with Gasteiger partial charge in [0.1, 0.15) is 0 Å². The van der Waals surface area contributed by atoms with E-state index in [9.17, 15) is 5.11 Å². The van der Waals surface area contributed by atoms with Gasteiger partial charge >= 0.3 is 0 Å². The summed E-state index contributed by atoms with van der Waals surface area (Å²) in [5, 5.41) is 9.20. The minimum absolute atomic E-state index is 0.181. The van der Waals surface area contributed by atoms with Gasteiger partial charge in [-0.3, -0.25) is 0 Å². The summed E-state index contributed by atoms with van der Waals surface area (Å²) in [5.74, 6) is 0.835. The van der Waals surface area contributed by atoms with E-state index in [1.165, 1.54) is 24.0 Å². The second-order valence-corrected chi connectivity index (χ2v) is 4.41. The van der Waals surface area contributed by atoms with Gasteiger partial charge < -0.3 is 5.11 Å². The summed E-state index contributed by atoms with van der Waals surface area (Å²) in [6, 6.07) is 8.84. The molecule has 0 aromatic heterocycles. The Morgan fingerprint density at radius 1 is 1.43 bits per heavy atom. The minimum atomic E-state index is -0.181. The van der Waals surface area contributed by atoms with Gasteiger partial charge in [-0.05, 0) is 49.7 Å². The van der Waals surface area contributed by atoms with Gasteiger partial charge in [-0.2, -0.15) is 0 Å². The molecular weight excluding hydrogens is 172 g/mol. The molecule has 1 saturated carbocycles. The molecule has 1 aliphatic rings. The molecule has 0 aliphatic heterocycles. The van der Waals surface area contributed by atoms with Crippen molar-refractivity contribution >= 4 is 0 Å². The van der Waals surface area contributed by atoms with Crippen LogP contribution in [0.15, 0.2) is 24.3 Å². The monoisotopic (exact) mass is 190 g/mol. The van der Waals surface area contributed by atoms with Crippen molar-refractivity contribution in [3.05, 3.63) is 35.4 Å². The third-order valence-electron chi connectivity index (χ3n) is 2.85. The molecule has 1 heteroatoms. The Hall–Kier alpha value is -0.820. The standard InChI is InChI=1S/C13H18O/c1-10(14)5-6-11-3-2-4-13(9-11)12-7-8-12/h2-4,9-10,12,14H,5-8H2,1H3/t10-/m0/s1. The summed E-state index contributed by atoms with van der Waals surface area (Å²) in [5.41, 5.74) is 2.86. The Kier molecular flexibility index (Phi) is 2.87. The summed E-state index contributed by atoms with van der Waals surface area (Å²) in [6.07, 6.45) is 4.41. The Labute approximate surface area is 85.8 Å². The average molecular weight is 190 g/mol. The smallest absolute Gasteiger partial charge is 0.0515 e. The van der Waals surface area contributed by atoms with Crippen LogP contribution in [0.1, 0.15) is 43.2 Å². The molecule has 0 saturated heterocycles. The van der Waals surface area contributed by atoms with Crippen molar-refractivity contribution in [2.24, 2.45) is 0 Å². The van der Waals surface area contributed by atoms with E-state index >= 15 is 0 Å². The van der Waals surface area contributed by atoms with Crippen LogP contribution in [0.3, 0.4) is 0 Å². The lowest BCUT2D eigenvalue weighted by Gasteiger charge is -2.06. The Morgan fingerprint density at radius 3 is 2.86 bits per heavy atom. The second kappa shape index (κ2) is 4.14. The molecule has 0 spiro atoms. The first-order valence-corrected chi connectivity index (χ1v) is 5.52. The number of rotatable bonds is 4. The van der Waals surface area contributed by atoms with E-state index in [1.807, 2.05) is 6.92 Å². The van der Waals surface area contributed by atoms with Gasteiger partial charge in [0.15, 0.2) is 0 Å². The van der Waals surface area contributed by atoms with E-state index < -0.39 is 0 Å². The first kappa shape index (κ1) is 9.72. The van der Waals surface area contributed by atoms with Crippen LogP contribution in [0.5, 0.6) is 0 Å². The van der Waals surface area contributed by atoms with Crippen LogP contribution in [0.4, 0.5) is 0 Å². The summed E-state index contributed by atoms with van der Waals surface area (Å²) in [7, 11) is 0. The molecule has 1 fully saturated rings. The molecule has 76 valence electrons. The van der Waals surface area contributed by atoms with Gasteiger partial charge in [-0.25, -0.2) is 0 Å². The maximum Gasteiger partial charge on any atom is 0.0515 e. The molecule has 1 atom stereocenters. The van der Waals surface area contributed by atoms with Crippen molar-refractivity contribution in [2.45, 2.75) is 44.6 Å².